The van der Waals surface area contributed by atoms with E-state index in [-0.39, 0.29) is 12.0 Å². The van der Waals surface area contributed by atoms with Gasteiger partial charge in [-0.25, -0.2) is 4.98 Å². The lowest BCUT2D eigenvalue weighted by molar-refractivity contribution is -0.133. The van der Waals surface area contributed by atoms with Gasteiger partial charge in [-0.05, 0) is 31.5 Å². The molecule has 0 bridgehead atoms. The highest BCUT2D eigenvalue weighted by Crippen LogP contribution is 2.30. The molecule has 20 heavy (non-hydrogen) atoms. The first-order valence-electron chi connectivity index (χ1n) is 6.26. The molecule has 2 rings (SSSR count). The SMILES string of the molecule is Cc1[nH]cnc1C(c1cccc(C#N)c1)C(C)OC=O. The number of aryl methyl sites for hydroxylation is 1. The molecule has 2 unspecified atom stereocenters. The van der Waals surface area contributed by atoms with Gasteiger partial charge in [0, 0.05) is 5.69 Å². The average Bonchev–Trinajstić information content (AvgIpc) is 2.86. The second-order valence-corrected chi connectivity index (χ2v) is 4.57. The lowest BCUT2D eigenvalue weighted by atomic mass is 9.89. The summed E-state index contributed by atoms with van der Waals surface area (Å²) in [5.74, 6) is -0.209. The van der Waals surface area contributed by atoms with Crippen molar-refractivity contribution < 1.29 is 9.53 Å². The van der Waals surface area contributed by atoms with Crippen LogP contribution < -0.4 is 0 Å². The molecule has 2 atom stereocenters. The van der Waals surface area contributed by atoms with E-state index < -0.39 is 0 Å². The van der Waals surface area contributed by atoms with Gasteiger partial charge in [-0.3, -0.25) is 4.79 Å². The van der Waals surface area contributed by atoms with Gasteiger partial charge in [0.15, 0.2) is 0 Å². The molecule has 5 heteroatoms. The fourth-order valence-corrected chi connectivity index (χ4v) is 2.30. The number of carbonyl (C=O) groups excluding carboxylic acids is 1. The van der Waals surface area contributed by atoms with E-state index in [1.807, 2.05) is 26.0 Å². The van der Waals surface area contributed by atoms with Crippen LogP contribution in [0.4, 0.5) is 0 Å². The maximum atomic E-state index is 10.6. The van der Waals surface area contributed by atoms with Gasteiger partial charge in [0.05, 0.1) is 29.6 Å². The highest BCUT2D eigenvalue weighted by Gasteiger charge is 2.26. The number of imidazole rings is 1. The molecule has 0 fully saturated rings. The topological polar surface area (TPSA) is 78.8 Å². The van der Waals surface area contributed by atoms with Crippen LogP contribution in [-0.4, -0.2) is 22.5 Å². The lowest BCUT2D eigenvalue weighted by Crippen LogP contribution is -2.21. The number of nitriles is 1. The van der Waals surface area contributed by atoms with Gasteiger partial charge >= 0.3 is 0 Å². The van der Waals surface area contributed by atoms with E-state index in [1.165, 1.54) is 0 Å². The number of hydrogen-bond acceptors (Lipinski definition) is 4. The minimum atomic E-state index is -0.372. The van der Waals surface area contributed by atoms with Gasteiger partial charge in [0.1, 0.15) is 6.10 Å². The van der Waals surface area contributed by atoms with Crippen molar-refractivity contribution in [1.82, 2.24) is 9.97 Å². The first-order valence-corrected chi connectivity index (χ1v) is 6.26. The summed E-state index contributed by atoms with van der Waals surface area (Å²) in [7, 11) is 0. The Balaban J connectivity index is 2.48. The standard InChI is InChI=1S/C15H15N3O2/c1-10-15(18-8-17-10)14(11(2)20-9-19)13-5-3-4-12(6-13)7-16/h3-6,8-9,11,14H,1-2H3,(H,17,18). The molecule has 1 aromatic heterocycles. The van der Waals surface area contributed by atoms with Gasteiger partial charge in [-0.1, -0.05) is 12.1 Å². The molecule has 0 aliphatic carbocycles. The molecule has 0 saturated carbocycles. The van der Waals surface area contributed by atoms with E-state index >= 15 is 0 Å². The Hall–Kier alpha value is -2.61. The lowest BCUT2D eigenvalue weighted by Gasteiger charge is -2.22. The van der Waals surface area contributed by atoms with Crippen LogP contribution in [-0.2, 0) is 9.53 Å². The third kappa shape index (κ3) is 2.69. The van der Waals surface area contributed by atoms with Gasteiger partial charge in [0.25, 0.3) is 6.47 Å². The monoisotopic (exact) mass is 269 g/mol. The van der Waals surface area contributed by atoms with E-state index in [0.29, 0.717) is 12.0 Å². The number of aromatic amines is 1. The van der Waals surface area contributed by atoms with Crippen molar-refractivity contribution in [3.8, 4) is 6.07 Å². The quantitative estimate of drug-likeness (QED) is 0.844. The largest absolute Gasteiger partial charge is 0.464 e. The predicted octanol–water partition coefficient (Wildman–Crippen LogP) is 2.28. The van der Waals surface area contributed by atoms with Crippen molar-refractivity contribution in [2.45, 2.75) is 25.9 Å². The van der Waals surface area contributed by atoms with Gasteiger partial charge in [0.2, 0.25) is 0 Å². The molecule has 0 amide bonds. The van der Waals surface area contributed by atoms with Crippen LogP contribution in [0.3, 0.4) is 0 Å². The number of H-pyrrole nitrogens is 1. The predicted molar refractivity (Wildman–Crippen MR) is 72.9 cm³/mol. The zero-order valence-electron chi connectivity index (χ0n) is 11.3. The summed E-state index contributed by atoms with van der Waals surface area (Å²) in [5.41, 5.74) is 3.20. The molecule has 0 aliphatic rings. The summed E-state index contributed by atoms with van der Waals surface area (Å²) in [6, 6.07) is 9.37. The molecule has 2 aromatic rings. The molecule has 0 aliphatic heterocycles. The second-order valence-electron chi connectivity index (χ2n) is 4.57. The Bertz CT molecular complexity index is 643. The molecule has 0 spiro atoms. The van der Waals surface area contributed by atoms with Gasteiger partial charge < -0.3 is 9.72 Å². The van der Waals surface area contributed by atoms with Gasteiger partial charge in [-0.15, -0.1) is 0 Å². The molecule has 0 saturated heterocycles. The number of nitrogens with zero attached hydrogens (tertiary/aromatic N) is 2. The summed E-state index contributed by atoms with van der Waals surface area (Å²) in [6.07, 6.45) is 1.24. The smallest absolute Gasteiger partial charge is 0.293 e. The summed E-state index contributed by atoms with van der Waals surface area (Å²) in [6.45, 7) is 4.16. The number of hydrogen-bond donors (Lipinski definition) is 1. The molecular weight excluding hydrogens is 254 g/mol. The molecule has 1 aromatic carbocycles. The number of carbonyl (C=O) groups is 1. The molecule has 5 nitrogen and oxygen atoms in total. The number of benzene rings is 1. The van der Waals surface area contributed by atoms with Crippen molar-refractivity contribution in [1.29, 1.82) is 5.26 Å². The first-order chi connectivity index (χ1) is 9.67. The molecular formula is C15H15N3O2. The van der Waals surface area contributed by atoms with Crippen molar-refractivity contribution >= 4 is 6.47 Å². The van der Waals surface area contributed by atoms with E-state index in [2.05, 4.69) is 16.0 Å². The van der Waals surface area contributed by atoms with Crippen LogP contribution in [0.1, 0.15) is 35.4 Å². The molecule has 0 radical (unpaired) electrons. The van der Waals surface area contributed by atoms with Crippen molar-refractivity contribution in [3.05, 3.63) is 53.1 Å². The zero-order chi connectivity index (χ0) is 14.5. The summed E-state index contributed by atoms with van der Waals surface area (Å²) < 4.78 is 5.09. The Kier molecular flexibility index (Phi) is 4.16. The Labute approximate surface area is 117 Å². The third-order valence-electron chi connectivity index (χ3n) is 3.28. The molecule has 1 N–H and O–H groups in total. The highest BCUT2D eigenvalue weighted by atomic mass is 16.5. The molecule has 102 valence electrons. The minimum absolute atomic E-state index is 0.209. The van der Waals surface area contributed by atoms with Crippen LogP contribution in [0.15, 0.2) is 30.6 Å². The van der Waals surface area contributed by atoms with Gasteiger partial charge in [-0.2, -0.15) is 5.26 Å². The highest BCUT2D eigenvalue weighted by molar-refractivity contribution is 5.42. The normalized spacial score (nSPS) is 13.2. The van der Waals surface area contributed by atoms with E-state index in [9.17, 15) is 4.79 Å². The Morgan fingerprint density at radius 2 is 2.30 bits per heavy atom. The van der Waals surface area contributed by atoms with E-state index in [1.54, 1.807) is 18.5 Å². The maximum absolute atomic E-state index is 10.6. The zero-order valence-corrected chi connectivity index (χ0v) is 11.3. The number of aromatic nitrogens is 2. The fraction of sp³-hybridized carbons (Fsp3) is 0.267. The third-order valence-corrected chi connectivity index (χ3v) is 3.28. The van der Waals surface area contributed by atoms with Crippen molar-refractivity contribution in [2.24, 2.45) is 0 Å². The number of nitrogens with one attached hydrogen (secondary N) is 1. The Morgan fingerprint density at radius 3 is 2.90 bits per heavy atom. The minimum Gasteiger partial charge on any atom is -0.464 e. The number of ether oxygens (including phenoxy) is 1. The van der Waals surface area contributed by atoms with Crippen molar-refractivity contribution in [3.63, 3.8) is 0 Å². The maximum Gasteiger partial charge on any atom is 0.293 e. The Morgan fingerprint density at radius 1 is 1.50 bits per heavy atom. The number of rotatable bonds is 5. The van der Waals surface area contributed by atoms with E-state index in [0.717, 1.165) is 17.0 Å². The average molecular weight is 269 g/mol. The second kappa shape index (κ2) is 6.02. The van der Waals surface area contributed by atoms with E-state index in [4.69, 9.17) is 10.00 Å². The van der Waals surface area contributed by atoms with Crippen LogP contribution >= 0.6 is 0 Å². The van der Waals surface area contributed by atoms with Crippen LogP contribution in [0, 0.1) is 18.3 Å². The fourth-order valence-electron chi connectivity index (χ4n) is 2.30. The van der Waals surface area contributed by atoms with Crippen LogP contribution in [0.25, 0.3) is 0 Å². The summed E-state index contributed by atoms with van der Waals surface area (Å²) in [4.78, 5) is 18.0. The summed E-state index contributed by atoms with van der Waals surface area (Å²) >= 11 is 0. The first kappa shape index (κ1) is 13.8. The van der Waals surface area contributed by atoms with Crippen LogP contribution in [0.2, 0.25) is 0 Å². The summed E-state index contributed by atoms with van der Waals surface area (Å²) in [5, 5.41) is 9.01. The van der Waals surface area contributed by atoms with Crippen molar-refractivity contribution in [2.75, 3.05) is 0 Å². The van der Waals surface area contributed by atoms with Crippen LogP contribution in [0.5, 0.6) is 0 Å². The molecule has 1 heterocycles.